The number of nitrogens with zero attached hydrogens (tertiary/aromatic N) is 2. The average molecular weight is 299 g/mol. The molecule has 1 aromatic carbocycles. The quantitative estimate of drug-likeness (QED) is 0.619. The Morgan fingerprint density at radius 1 is 1.45 bits per heavy atom. The van der Waals surface area contributed by atoms with Gasteiger partial charge in [-0.05, 0) is 37.4 Å². The lowest BCUT2D eigenvalue weighted by Gasteiger charge is -2.27. The van der Waals surface area contributed by atoms with Gasteiger partial charge in [0.1, 0.15) is 0 Å². The van der Waals surface area contributed by atoms with Gasteiger partial charge in [-0.25, -0.2) is 0 Å². The molecule has 0 radical (unpaired) electrons. The first-order valence-electron chi connectivity index (χ1n) is 6.75. The maximum atomic E-state index is 10.8. The van der Waals surface area contributed by atoms with Crippen molar-refractivity contribution in [1.29, 1.82) is 0 Å². The van der Waals surface area contributed by atoms with Crippen LogP contribution in [0.1, 0.15) is 18.4 Å². The Morgan fingerprint density at radius 3 is 2.80 bits per heavy atom. The summed E-state index contributed by atoms with van der Waals surface area (Å²) >= 11 is 6.12. The number of ether oxygens (including phenoxy) is 1. The lowest BCUT2D eigenvalue weighted by atomic mass is 10.00. The van der Waals surface area contributed by atoms with Gasteiger partial charge in [0.05, 0.1) is 4.92 Å². The fourth-order valence-corrected chi connectivity index (χ4v) is 2.70. The predicted molar refractivity (Wildman–Crippen MR) is 78.0 cm³/mol. The molecule has 0 amide bonds. The van der Waals surface area contributed by atoms with E-state index in [9.17, 15) is 10.1 Å². The highest BCUT2D eigenvalue weighted by Crippen LogP contribution is 2.24. The van der Waals surface area contributed by atoms with Crippen LogP contribution in [0.3, 0.4) is 0 Å². The summed E-state index contributed by atoms with van der Waals surface area (Å²) in [5.41, 5.74) is 0.888. The molecule has 1 aliphatic rings. The van der Waals surface area contributed by atoms with Crippen LogP contribution in [-0.2, 0) is 11.3 Å². The number of hydrogen-bond donors (Lipinski definition) is 0. The number of halogens is 1. The van der Waals surface area contributed by atoms with Crippen molar-refractivity contribution in [2.45, 2.75) is 19.4 Å². The van der Waals surface area contributed by atoms with Gasteiger partial charge < -0.3 is 9.64 Å². The maximum absolute atomic E-state index is 10.8. The molecule has 20 heavy (non-hydrogen) atoms. The number of hydrogen-bond acceptors (Lipinski definition) is 4. The van der Waals surface area contributed by atoms with Crippen LogP contribution in [-0.4, -0.2) is 36.6 Å². The highest BCUT2D eigenvalue weighted by Gasteiger charge is 2.17. The van der Waals surface area contributed by atoms with Gasteiger partial charge in [-0.15, -0.1) is 0 Å². The van der Waals surface area contributed by atoms with Crippen molar-refractivity contribution in [1.82, 2.24) is 4.90 Å². The van der Waals surface area contributed by atoms with Crippen LogP contribution < -0.4 is 0 Å². The molecule has 1 aromatic rings. The van der Waals surface area contributed by atoms with Crippen LogP contribution >= 0.6 is 11.6 Å². The third kappa shape index (κ3) is 4.16. The minimum Gasteiger partial charge on any atom is -0.381 e. The molecule has 1 fully saturated rings. The van der Waals surface area contributed by atoms with Crippen LogP contribution in [0.5, 0.6) is 0 Å². The highest BCUT2D eigenvalue weighted by atomic mass is 35.5. The van der Waals surface area contributed by atoms with E-state index < -0.39 is 4.92 Å². The molecule has 0 unspecified atom stereocenters. The van der Waals surface area contributed by atoms with E-state index in [2.05, 4.69) is 4.90 Å². The second kappa shape index (κ2) is 7.02. The van der Waals surface area contributed by atoms with E-state index in [4.69, 9.17) is 16.3 Å². The zero-order chi connectivity index (χ0) is 14.5. The van der Waals surface area contributed by atoms with Gasteiger partial charge in [0.25, 0.3) is 5.69 Å². The normalized spacial score (nSPS) is 16.6. The van der Waals surface area contributed by atoms with Crippen molar-refractivity contribution < 1.29 is 9.66 Å². The number of nitro benzene ring substituents is 1. The molecule has 1 heterocycles. The highest BCUT2D eigenvalue weighted by molar-refractivity contribution is 6.31. The molecule has 0 aromatic heterocycles. The van der Waals surface area contributed by atoms with Crippen molar-refractivity contribution in [3.63, 3.8) is 0 Å². The van der Waals surface area contributed by atoms with Crippen molar-refractivity contribution in [2.75, 3.05) is 26.8 Å². The molecule has 2 rings (SSSR count). The summed E-state index contributed by atoms with van der Waals surface area (Å²) in [4.78, 5) is 12.6. The molecule has 0 bridgehead atoms. The summed E-state index contributed by atoms with van der Waals surface area (Å²) in [5.74, 6) is 0.631. The molecule has 0 spiro atoms. The van der Waals surface area contributed by atoms with Crippen LogP contribution in [0.4, 0.5) is 5.69 Å². The van der Waals surface area contributed by atoms with Crippen molar-refractivity contribution in [2.24, 2.45) is 5.92 Å². The lowest BCUT2D eigenvalue weighted by molar-refractivity contribution is -0.384. The van der Waals surface area contributed by atoms with Crippen LogP contribution in [0.2, 0.25) is 5.02 Å². The van der Waals surface area contributed by atoms with Gasteiger partial charge in [0.2, 0.25) is 0 Å². The van der Waals surface area contributed by atoms with Gasteiger partial charge in [0.15, 0.2) is 0 Å². The molecule has 0 aliphatic carbocycles. The fourth-order valence-electron chi connectivity index (χ4n) is 2.52. The average Bonchev–Trinajstić information content (AvgIpc) is 2.42. The summed E-state index contributed by atoms with van der Waals surface area (Å²) in [6.07, 6.45) is 2.15. The molecule has 0 saturated carbocycles. The van der Waals surface area contributed by atoms with Crippen molar-refractivity contribution in [3.05, 3.63) is 38.9 Å². The summed E-state index contributed by atoms with van der Waals surface area (Å²) in [6, 6.07) is 4.59. The Morgan fingerprint density at radius 2 is 2.15 bits per heavy atom. The van der Waals surface area contributed by atoms with E-state index in [-0.39, 0.29) is 5.69 Å². The molecule has 5 nitrogen and oxygen atoms in total. The van der Waals surface area contributed by atoms with E-state index in [1.54, 1.807) is 12.1 Å². The number of nitro groups is 1. The third-order valence-corrected chi connectivity index (χ3v) is 3.96. The molecule has 6 heteroatoms. The second-order valence-electron chi connectivity index (χ2n) is 5.29. The van der Waals surface area contributed by atoms with Crippen LogP contribution in [0.25, 0.3) is 0 Å². The maximum Gasteiger partial charge on any atom is 0.269 e. The first-order chi connectivity index (χ1) is 9.56. The molecule has 0 N–H and O–H groups in total. The van der Waals surface area contributed by atoms with Crippen LogP contribution in [0.15, 0.2) is 18.2 Å². The Bertz CT molecular complexity index is 475. The Balaban J connectivity index is 1.97. The van der Waals surface area contributed by atoms with Crippen molar-refractivity contribution in [3.8, 4) is 0 Å². The molecular weight excluding hydrogens is 280 g/mol. The minimum atomic E-state index is -0.391. The molecule has 1 saturated heterocycles. The summed E-state index contributed by atoms with van der Waals surface area (Å²) < 4.78 is 5.35. The zero-order valence-electron chi connectivity index (χ0n) is 11.5. The van der Waals surface area contributed by atoms with E-state index in [0.29, 0.717) is 17.5 Å². The van der Waals surface area contributed by atoms with E-state index in [1.807, 2.05) is 7.05 Å². The topological polar surface area (TPSA) is 55.6 Å². The SMILES string of the molecule is CN(Cc1cc([N+](=O)[O-])ccc1Cl)CC1CCOCC1. The largest absolute Gasteiger partial charge is 0.381 e. The van der Waals surface area contributed by atoms with Gasteiger partial charge in [-0.3, -0.25) is 10.1 Å². The number of benzene rings is 1. The summed E-state index contributed by atoms with van der Waals surface area (Å²) in [7, 11) is 2.02. The third-order valence-electron chi connectivity index (χ3n) is 3.59. The van der Waals surface area contributed by atoms with Gasteiger partial charge in [-0.2, -0.15) is 0 Å². The molecule has 110 valence electrons. The van der Waals surface area contributed by atoms with E-state index in [0.717, 1.165) is 38.2 Å². The number of rotatable bonds is 5. The lowest BCUT2D eigenvalue weighted by Crippen LogP contribution is -2.29. The van der Waals surface area contributed by atoms with Gasteiger partial charge in [-0.1, -0.05) is 11.6 Å². The number of non-ortho nitro benzene ring substituents is 1. The van der Waals surface area contributed by atoms with Crippen LogP contribution in [0, 0.1) is 16.0 Å². The van der Waals surface area contributed by atoms with E-state index in [1.165, 1.54) is 6.07 Å². The Labute approximate surface area is 123 Å². The molecule has 1 aliphatic heterocycles. The predicted octanol–water partition coefficient (Wildman–Crippen LogP) is 3.11. The summed E-state index contributed by atoms with van der Waals surface area (Å²) in [5, 5.41) is 11.4. The summed E-state index contributed by atoms with van der Waals surface area (Å²) in [6.45, 7) is 3.24. The molecular formula is C14H19ClN2O3. The fraction of sp³-hybridized carbons (Fsp3) is 0.571. The van der Waals surface area contributed by atoms with Gasteiger partial charge in [0, 0.05) is 43.5 Å². The standard InChI is InChI=1S/C14H19ClN2O3/c1-16(9-11-4-6-20-7-5-11)10-12-8-13(17(18)19)2-3-14(12)15/h2-3,8,11H,4-7,9-10H2,1H3. The Kier molecular flexibility index (Phi) is 5.34. The molecule has 0 atom stereocenters. The first kappa shape index (κ1) is 15.2. The minimum absolute atomic E-state index is 0.0869. The second-order valence-corrected chi connectivity index (χ2v) is 5.69. The smallest absolute Gasteiger partial charge is 0.269 e. The Hall–Kier alpha value is -1.17. The first-order valence-corrected chi connectivity index (χ1v) is 7.13. The van der Waals surface area contributed by atoms with Crippen molar-refractivity contribution >= 4 is 17.3 Å². The van der Waals surface area contributed by atoms with E-state index >= 15 is 0 Å². The zero-order valence-corrected chi connectivity index (χ0v) is 12.3. The van der Waals surface area contributed by atoms with Gasteiger partial charge >= 0.3 is 0 Å². The monoisotopic (exact) mass is 298 g/mol.